The fourth-order valence-electron chi connectivity index (χ4n) is 1.84. The molecule has 0 aromatic heterocycles. The summed E-state index contributed by atoms with van der Waals surface area (Å²) in [7, 11) is 0. The van der Waals surface area contributed by atoms with Crippen molar-refractivity contribution in [1.29, 1.82) is 0 Å². The van der Waals surface area contributed by atoms with E-state index in [0.717, 1.165) is 11.6 Å². The molecule has 3 N–H and O–H groups in total. The van der Waals surface area contributed by atoms with Gasteiger partial charge in [0.05, 0.1) is 12.3 Å². The van der Waals surface area contributed by atoms with Gasteiger partial charge in [-0.15, -0.1) is 0 Å². The Hall–Kier alpha value is -2.40. The maximum atomic E-state index is 13.4. The Morgan fingerprint density at radius 1 is 1.29 bits per heavy atom. The summed E-state index contributed by atoms with van der Waals surface area (Å²) in [4.78, 5) is 12.1. The number of nitrogen functional groups attached to an aromatic ring is 1. The smallest absolute Gasteiger partial charge is 0.255 e. The molecule has 0 saturated carbocycles. The molecular formula is C16H17FN2O2. The molecule has 0 radical (unpaired) electrons. The second kappa shape index (κ2) is 6.85. The molecule has 110 valence electrons. The summed E-state index contributed by atoms with van der Waals surface area (Å²) in [5.41, 5.74) is 7.14. The number of anilines is 2. The molecule has 0 heterocycles. The summed E-state index contributed by atoms with van der Waals surface area (Å²) >= 11 is 0. The van der Waals surface area contributed by atoms with Crippen LogP contribution in [0.5, 0.6) is 0 Å². The molecule has 2 aromatic rings. The second-order valence-electron chi connectivity index (χ2n) is 4.48. The molecule has 2 rings (SSSR count). The Labute approximate surface area is 122 Å². The van der Waals surface area contributed by atoms with Gasteiger partial charge in [-0.3, -0.25) is 4.79 Å². The number of carbonyl (C=O) groups is 1. The van der Waals surface area contributed by atoms with Gasteiger partial charge in [-0.25, -0.2) is 4.39 Å². The van der Waals surface area contributed by atoms with Crippen LogP contribution >= 0.6 is 0 Å². The lowest BCUT2D eigenvalue weighted by Crippen LogP contribution is -2.14. The van der Waals surface area contributed by atoms with E-state index in [1.165, 1.54) is 12.1 Å². The van der Waals surface area contributed by atoms with E-state index in [2.05, 4.69) is 5.32 Å². The first-order valence-corrected chi connectivity index (χ1v) is 6.64. The van der Waals surface area contributed by atoms with Gasteiger partial charge in [-0.2, -0.15) is 0 Å². The van der Waals surface area contributed by atoms with Crippen LogP contribution in [0.25, 0.3) is 0 Å². The third-order valence-corrected chi connectivity index (χ3v) is 2.99. The van der Waals surface area contributed by atoms with Crippen molar-refractivity contribution in [1.82, 2.24) is 0 Å². The maximum absolute atomic E-state index is 13.4. The van der Waals surface area contributed by atoms with Crippen LogP contribution in [0.4, 0.5) is 15.8 Å². The van der Waals surface area contributed by atoms with E-state index in [-0.39, 0.29) is 11.3 Å². The van der Waals surface area contributed by atoms with Gasteiger partial charge in [0.15, 0.2) is 0 Å². The Morgan fingerprint density at radius 3 is 2.76 bits per heavy atom. The van der Waals surface area contributed by atoms with Crippen LogP contribution in [-0.4, -0.2) is 12.5 Å². The van der Waals surface area contributed by atoms with E-state index in [9.17, 15) is 9.18 Å². The molecule has 21 heavy (non-hydrogen) atoms. The summed E-state index contributed by atoms with van der Waals surface area (Å²) in [6, 6.07) is 11.3. The van der Waals surface area contributed by atoms with Crippen LogP contribution < -0.4 is 11.1 Å². The molecule has 4 nitrogen and oxygen atoms in total. The van der Waals surface area contributed by atoms with Gasteiger partial charge in [0.1, 0.15) is 5.82 Å². The number of hydrogen-bond donors (Lipinski definition) is 2. The molecule has 0 spiro atoms. The minimum atomic E-state index is -0.606. The number of amides is 1. The Balaban J connectivity index is 2.17. The van der Waals surface area contributed by atoms with Crippen molar-refractivity contribution >= 4 is 17.3 Å². The molecule has 0 fully saturated rings. The third-order valence-electron chi connectivity index (χ3n) is 2.99. The molecule has 0 saturated heterocycles. The number of halogens is 1. The molecule has 0 atom stereocenters. The van der Waals surface area contributed by atoms with Crippen LogP contribution in [0.1, 0.15) is 22.8 Å². The fourth-order valence-corrected chi connectivity index (χ4v) is 1.84. The van der Waals surface area contributed by atoms with E-state index in [1.807, 2.05) is 25.1 Å². The second-order valence-corrected chi connectivity index (χ2v) is 4.48. The summed E-state index contributed by atoms with van der Waals surface area (Å²) in [6.07, 6.45) is 0. The van der Waals surface area contributed by atoms with Gasteiger partial charge in [-0.1, -0.05) is 18.2 Å². The monoisotopic (exact) mass is 288 g/mol. The van der Waals surface area contributed by atoms with E-state index < -0.39 is 11.7 Å². The van der Waals surface area contributed by atoms with Crippen molar-refractivity contribution in [2.75, 3.05) is 17.7 Å². The van der Waals surface area contributed by atoms with Crippen LogP contribution in [0, 0.1) is 5.82 Å². The van der Waals surface area contributed by atoms with Crippen LogP contribution in [-0.2, 0) is 11.3 Å². The zero-order valence-electron chi connectivity index (χ0n) is 11.7. The quantitative estimate of drug-likeness (QED) is 0.830. The lowest BCUT2D eigenvalue weighted by atomic mass is 10.1. The average molecular weight is 288 g/mol. The predicted octanol–water partition coefficient (Wildman–Crippen LogP) is 3.20. The highest BCUT2D eigenvalue weighted by molar-refractivity contribution is 6.04. The molecule has 0 aliphatic heterocycles. The lowest BCUT2D eigenvalue weighted by molar-refractivity contribution is 0.102. The standard InChI is InChI=1S/C16H17FN2O2/c1-2-21-10-12-5-3-4-6-15(12)19-16(20)11-7-8-14(18)13(17)9-11/h3-9H,2,10,18H2,1H3,(H,19,20). The maximum Gasteiger partial charge on any atom is 0.255 e. The van der Waals surface area contributed by atoms with E-state index in [1.54, 1.807) is 6.07 Å². The van der Waals surface area contributed by atoms with Crippen molar-refractivity contribution in [3.8, 4) is 0 Å². The number of benzene rings is 2. The van der Waals surface area contributed by atoms with Crippen molar-refractivity contribution in [3.05, 3.63) is 59.4 Å². The topological polar surface area (TPSA) is 64.3 Å². The molecular weight excluding hydrogens is 271 g/mol. The van der Waals surface area contributed by atoms with E-state index >= 15 is 0 Å². The number of carbonyl (C=O) groups excluding carboxylic acids is 1. The number of ether oxygens (including phenoxy) is 1. The van der Waals surface area contributed by atoms with Gasteiger partial charge in [0, 0.05) is 23.4 Å². The lowest BCUT2D eigenvalue weighted by Gasteiger charge is -2.11. The van der Waals surface area contributed by atoms with Crippen molar-refractivity contribution in [2.24, 2.45) is 0 Å². The van der Waals surface area contributed by atoms with Crippen molar-refractivity contribution < 1.29 is 13.9 Å². The van der Waals surface area contributed by atoms with E-state index in [4.69, 9.17) is 10.5 Å². The molecule has 0 unspecified atom stereocenters. The largest absolute Gasteiger partial charge is 0.396 e. The van der Waals surface area contributed by atoms with Crippen LogP contribution in [0.3, 0.4) is 0 Å². The molecule has 0 aliphatic carbocycles. The summed E-state index contributed by atoms with van der Waals surface area (Å²) in [5.74, 6) is -0.997. The zero-order valence-corrected chi connectivity index (χ0v) is 11.7. The highest BCUT2D eigenvalue weighted by Crippen LogP contribution is 2.18. The highest BCUT2D eigenvalue weighted by atomic mass is 19.1. The van der Waals surface area contributed by atoms with Gasteiger partial charge < -0.3 is 15.8 Å². The van der Waals surface area contributed by atoms with Gasteiger partial charge in [0.25, 0.3) is 5.91 Å². The van der Waals surface area contributed by atoms with Crippen LogP contribution in [0.15, 0.2) is 42.5 Å². The number of para-hydroxylation sites is 1. The fraction of sp³-hybridized carbons (Fsp3) is 0.188. The molecule has 1 amide bonds. The molecule has 2 aromatic carbocycles. The first-order chi connectivity index (χ1) is 10.1. The molecule has 0 bridgehead atoms. The molecule has 5 heteroatoms. The average Bonchev–Trinajstić information content (AvgIpc) is 2.49. The van der Waals surface area contributed by atoms with Gasteiger partial charge in [0.2, 0.25) is 0 Å². The number of hydrogen-bond acceptors (Lipinski definition) is 3. The first-order valence-electron chi connectivity index (χ1n) is 6.64. The third kappa shape index (κ3) is 3.79. The summed E-state index contributed by atoms with van der Waals surface area (Å²) < 4.78 is 18.8. The van der Waals surface area contributed by atoms with Gasteiger partial charge >= 0.3 is 0 Å². The Kier molecular flexibility index (Phi) is 4.90. The van der Waals surface area contributed by atoms with Crippen molar-refractivity contribution in [3.63, 3.8) is 0 Å². The highest BCUT2D eigenvalue weighted by Gasteiger charge is 2.11. The van der Waals surface area contributed by atoms with Gasteiger partial charge in [-0.05, 0) is 31.2 Å². The molecule has 0 aliphatic rings. The minimum Gasteiger partial charge on any atom is -0.396 e. The van der Waals surface area contributed by atoms with Crippen LogP contribution in [0.2, 0.25) is 0 Å². The number of nitrogens with one attached hydrogen (secondary N) is 1. The first kappa shape index (κ1) is 15.0. The number of rotatable bonds is 5. The number of nitrogens with two attached hydrogens (primary N) is 1. The Morgan fingerprint density at radius 2 is 2.05 bits per heavy atom. The predicted molar refractivity (Wildman–Crippen MR) is 80.5 cm³/mol. The SMILES string of the molecule is CCOCc1ccccc1NC(=O)c1ccc(N)c(F)c1. The zero-order chi connectivity index (χ0) is 15.2. The summed E-state index contributed by atoms with van der Waals surface area (Å²) in [6.45, 7) is 2.90. The van der Waals surface area contributed by atoms with Crippen molar-refractivity contribution in [2.45, 2.75) is 13.5 Å². The summed E-state index contributed by atoms with van der Waals surface area (Å²) in [5, 5.41) is 2.76. The van der Waals surface area contributed by atoms with E-state index in [0.29, 0.717) is 18.9 Å². The normalized spacial score (nSPS) is 10.4. The minimum absolute atomic E-state index is 0.0169. The Bertz CT molecular complexity index is 644.